The fourth-order valence-electron chi connectivity index (χ4n) is 1.09. The number of nitrogens with one attached hydrogen (secondary N) is 1. The summed E-state index contributed by atoms with van der Waals surface area (Å²) in [5, 5.41) is 2.97. The molecular weight excluding hydrogens is 176 g/mol. The average molecular weight is 200 g/mol. The van der Waals surface area contributed by atoms with Crippen LogP contribution in [0.15, 0.2) is 0 Å². The van der Waals surface area contributed by atoms with E-state index in [1.807, 2.05) is 13.8 Å². The van der Waals surface area contributed by atoms with Crippen LogP contribution in [0.25, 0.3) is 0 Å². The molecule has 0 aliphatic carbocycles. The first-order valence-electron chi connectivity index (χ1n) is 5.46. The van der Waals surface area contributed by atoms with Gasteiger partial charge < -0.3 is 11.1 Å². The second-order valence-electron chi connectivity index (χ2n) is 4.50. The third kappa shape index (κ3) is 5.97. The lowest BCUT2D eigenvalue weighted by Crippen LogP contribution is -2.39. The summed E-state index contributed by atoms with van der Waals surface area (Å²) >= 11 is 0. The molecule has 0 radical (unpaired) electrons. The fraction of sp³-hybridized carbons (Fsp3) is 0.909. The van der Waals surface area contributed by atoms with Gasteiger partial charge in [0, 0.05) is 12.5 Å². The van der Waals surface area contributed by atoms with E-state index < -0.39 is 0 Å². The van der Waals surface area contributed by atoms with Crippen LogP contribution in [0.1, 0.15) is 40.5 Å². The molecule has 14 heavy (non-hydrogen) atoms. The van der Waals surface area contributed by atoms with Gasteiger partial charge in [-0.25, -0.2) is 0 Å². The summed E-state index contributed by atoms with van der Waals surface area (Å²) in [5.74, 6) is 1.08. The molecule has 3 nitrogen and oxygen atoms in total. The van der Waals surface area contributed by atoms with Gasteiger partial charge in [0.15, 0.2) is 0 Å². The SMILES string of the molecule is CC(C)CCC(=O)NC(C)C(C)CN. The van der Waals surface area contributed by atoms with Crippen molar-refractivity contribution in [3.8, 4) is 0 Å². The van der Waals surface area contributed by atoms with Gasteiger partial charge in [-0.15, -0.1) is 0 Å². The summed E-state index contributed by atoms with van der Waals surface area (Å²) in [4.78, 5) is 11.4. The minimum atomic E-state index is 0.145. The highest BCUT2D eigenvalue weighted by Crippen LogP contribution is 2.05. The molecule has 0 heterocycles. The Morgan fingerprint density at radius 3 is 2.29 bits per heavy atom. The molecule has 0 aliphatic rings. The van der Waals surface area contributed by atoms with Crippen LogP contribution in [0.4, 0.5) is 0 Å². The monoisotopic (exact) mass is 200 g/mol. The minimum absolute atomic E-state index is 0.145. The van der Waals surface area contributed by atoms with Crippen molar-refractivity contribution < 1.29 is 4.79 Å². The second kappa shape index (κ2) is 6.82. The standard InChI is InChI=1S/C11H24N2O/c1-8(2)5-6-11(14)13-10(4)9(3)7-12/h8-10H,5-7,12H2,1-4H3,(H,13,14). The van der Waals surface area contributed by atoms with Crippen molar-refractivity contribution in [3.63, 3.8) is 0 Å². The first-order chi connectivity index (χ1) is 6.47. The molecule has 1 amide bonds. The molecular formula is C11H24N2O. The molecule has 0 aromatic heterocycles. The number of carbonyl (C=O) groups excluding carboxylic acids is 1. The number of hydrogen-bond donors (Lipinski definition) is 2. The molecule has 0 saturated heterocycles. The molecule has 0 rings (SSSR count). The Morgan fingerprint density at radius 1 is 1.29 bits per heavy atom. The summed E-state index contributed by atoms with van der Waals surface area (Å²) in [6.45, 7) is 8.92. The van der Waals surface area contributed by atoms with Crippen molar-refractivity contribution >= 4 is 5.91 Å². The first-order valence-corrected chi connectivity index (χ1v) is 5.46. The van der Waals surface area contributed by atoms with Gasteiger partial charge in [-0.3, -0.25) is 4.79 Å². The number of hydrogen-bond acceptors (Lipinski definition) is 2. The Balaban J connectivity index is 3.71. The van der Waals surface area contributed by atoms with E-state index in [-0.39, 0.29) is 11.9 Å². The summed E-state index contributed by atoms with van der Waals surface area (Å²) in [7, 11) is 0. The van der Waals surface area contributed by atoms with Gasteiger partial charge in [-0.1, -0.05) is 20.8 Å². The summed E-state index contributed by atoms with van der Waals surface area (Å²) in [5.41, 5.74) is 5.52. The van der Waals surface area contributed by atoms with Crippen LogP contribution in [-0.2, 0) is 4.79 Å². The Kier molecular flexibility index (Phi) is 6.54. The molecule has 84 valence electrons. The summed E-state index contributed by atoms with van der Waals surface area (Å²) in [6.07, 6.45) is 1.58. The van der Waals surface area contributed by atoms with Crippen LogP contribution >= 0.6 is 0 Å². The average Bonchev–Trinajstić information content (AvgIpc) is 2.13. The summed E-state index contributed by atoms with van der Waals surface area (Å²) < 4.78 is 0. The third-order valence-corrected chi connectivity index (χ3v) is 2.56. The van der Waals surface area contributed by atoms with Crippen LogP contribution in [0, 0.1) is 11.8 Å². The van der Waals surface area contributed by atoms with Gasteiger partial charge in [0.1, 0.15) is 0 Å². The number of nitrogens with two attached hydrogens (primary N) is 1. The lowest BCUT2D eigenvalue weighted by atomic mass is 10.0. The van der Waals surface area contributed by atoms with E-state index in [1.54, 1.807) is 0 Å². The first kappa shape index (κ1) is 13.4. The van der Waals surface area contributed by atoms with E-state index in [0.29, 0.717) is 24.8 Å². The number of carbonyl (C=O) groups is 1. The van der Waals surface area contributed by atoms with Crippen LogP contribution in [0.5, 0.6) is 0 Å². The van der Waals surface area contributed by atoms with E-state index in [1.165, 1.54) is 0 Å². The third-order valence-electron chi connectivity index (χ3n) is 2.56. The van der Waals surface area contributed by atoms with E-state index in [0.717, 1.165) is 6.42 Å². The normalized spacial score (nSPS) is 15.3. The molecule has 0 saturated carbocycles. The molecule has 0 aromatic carbocycles. The number of rotatable bonds is 6. The molecule has 2 atom stereocenters. The van der Waals surface area contributed by atoms with Gasteiger partial charge in [0.2, 0.25) is 5.91 Å². The summed E-state index contributed by atoms with van der Waals surface area (Å²) in [6, 6.07) is 0.180. The smallest absolute Gasteiger partial charge is 0.220 e. The van der Waals surface area contributed by atoms with Crippen LogP contribution < -0.4 is 11.1 Å². The Bertz CT molecular complexity index is 169. The van der Waals surface area contributed by atoms with E-state index in [2.05, 4.69) is 19.2 Å². The van der Waals surface area contributed by atoms with Gasteiger partial charge in [-0.2, -0.15) is 0 Å². The van der Waals surface area contributed by atoms with Gasteiger partial charge in [0.25, 0.3) is 0 Å². The van der Waals surface area contributed by atoms with Gasteiger partial charge >= 0.3 is 0 Å². The van der Waals surface area contributed by atoms with E-state index in [9.17, 15) is 4.79 Å². The number of amides is 1. The van der Waals surface area contributed by atoms with Crippen molar-refractivity contribution in [2.75, 3.05) is 6.54 Å². The van der Waals surface area contributed by atoms with Crippen molar-refractivity contribution in [1.82, 2.24) is 5.32 Å². The Labute approximate surface area is 87.4 Å². The highest BCUT2D eigenvalue weighted by atomic mass is 16.1. The lowest BCUT2D eigenvalue weighted by molar-refractivity contribution is -0.122. The molecule has 0 spiro atoms. The van der Waals surface area contributed by atoms with Gasteiger partial charge in [-0.05, 0) is 31.7 Å². The molecule has 2 unspecified atom stereocenters. The Morgan fingerprint density at radius 2 is 1.86 bits per heavy atom. The molecule has 0 bridgehead atoms. The highest BCUT2D eigenvalue weighted by molar-refractivity contribution is 5.76. The van der Waals surface area contributed by atoms with Crippen LogP contribution in [-0.4, -0.2) is 18.5 Å². The zero-order valence-electron chi connectivity index (χ0n) is 9.84. The second-order valence-corrected chi connectivity index (χ2v) is 4.50. The maximum Gasteiger partial charge on any atom is 0.220 e. The zero-order valence-corrected chi connectivity index (χ0v) is 9.84. The molecule has 0 aromatic rings. The minimum Gasteiger partial charge on any atom is -0.353 e. The van der Waals surface area contributed by atoms with E-state index in [4.69, 9.17) is 5.73 Å². The topological polar surface area (TPSA) is 55.1 Å². The maximum atomic E-state index is 11.4. The maximum absolute atomic E-state index is 11.4. The van der Waals surface area contributed by atoms with Gasteiger partial charge in [0.05, 0.1) is 0 Å². The van der Waals surface area contributed by atoms with Crippen LogP contribution in [0.2, 0.25) is 0 Å². The predicted molar refractivity (Wildman–Crippen MR) is 59.9 cm³/mol. The zero-order chi connectivity index (χ0) is 11.1. The molecule has 3 N–H and O–H groups in total. The van der Waals surface area contributed by atoms with Crippen molar-refractivity contribution in [1.29, 1.82) is 0 Å². The predicted octanol–water partition coefficient (Wildman–Crippen LogP) is 1.52. The fourth-order valence-corrected chi connectivity index (χ4v) is 1.09. The largest absolute Gasteiger partial charge is 0.353 e. The molecule has 3 heteroatoms. The highest BCUT2D eigenvalue weighted by Gasteiger charge is 2.13. The van der Waals surface area contributed by atoms with Crippen LogP contribution in [0.3, 0.4) is 0 Å². The van der Waals surface area contributed by atoms with Crippen molar-refractivity contribution in [2.24, 2.45) is 17.6 Å². The Hall–Kier alpha value is -0.570. The van der Waals surface area contributed by atoms with Crippen molar-refractivity contribution in [3.05, 3.63) is 0 Å². The van der Waals surface area contributed by atoms with E-state index >= 15 is 0 Å². The molecule has 0 aliphatic heterocycles. The quantitative estimate of drug-likeness (QED) is 0.683. The van der Waals surface area contributed by atoms with Crippen molar-refractivity contribution in [2.45, 2.75) is 46.6 Å². The molecule has 0 fully saturated rings. The lowest BCUT2D eigenvalue weighted by Gasteiger charge is -2.19.